The first-order valence-electron chi connectivity index (χ1n) is 3.22. The maximum atomic E-state index is 12.6. The van der Waals surface area contributed by atoms with Gasteiger partial charge in [0.2, 0.25) is 5.12 Å². The highest BCUT2D eigenvalue weighted by Crippen LogP contribution is 2.20. The molecule has 0 amide bonds. The highest BCUT2D eigenvalue weighted by atomic mass is 32.1. The smallest absolute Gasteiger partial charge is 0.220 e. The van der Waals surface area contributed by atoms with E-state index in [1.807, 2.05) is 0 Å². The molecule has 0 radical (unpaired) electrons. The molecule has 0 aliphatic carbocycles. The summed E-state index contributed by atoms with van der Waals surface area (Å²) in [5.74, 6) is -0.149. The minimum atomic E-state index is -0.508. The molecule has 64 valence electrons. The second kappa shape index (κ2) is 3.58. The van der Waals surface area contributed by atoms with Gasteiger partial charge >= 0.3 is 0 Å². The van der Waals surface area contributed by atoms with Gasteiger partial charge in [-0.1, -0.05) is 0 Å². The summed E-state index contributed by atoms with van der Waals surface area (Å²) < 4.78 is 17.4. The molecule has 0 fully saturated rings. The van der Waals surface area contributed by atoms with Crippen LogP contribution in [0.25, 0.3) is 0 Å². The number of halogens is 1. The first-order chi connectivity index (χ1) is 5.65. The van der Waals surface area contributed by atoms with Crippen molar-refractivity contribution < 1.29 is 13.9 Å². The third-order valence-corrected chi connectivity index (χ3v) is 1.63. The lowest BCUT2D eigenvalue weighted by atomic mass is 10.2. The second-order valence-corrected chi connectivity index (χ2v) is 2.56. The van der Waals surface area contributed by atoms with Crippen LogP contribution in [0.2, 0.25) is 0 Å². The third kappa shape index (κ3) is 1.76. The molecular weight excluding hydrogens is 179 g/mol. The lowest BCUT2D eigenvalue weighted by Gasteiger charge is -2.03. The molecule has 1 aromatic carbocycles. The van der Waals surface area contributed by atoms with Crippen molar-refractivity contribution in [3.05, 3.63) is 29.6 Å². The van der Waals surface area contributed by atoms with Gasteiger partial charge in [-0.05, 0) is 18.2 Å². The van der Waals surface area contributed by atoms with E-state index in [-0.39, 0.29) is 5.56 Å². The SMILES string of the molecule is COc1ccc(F)cc1C(=O)S. The Kier molecular flexibility index (Phi) is 2.70. The van der Waals surface area contributed by atoms with E-state index in [0.29, 0.717) is 5.75 Å². The van der Waals surface area contributed by atoms with E-state index < -0.39 is 10.9 Å². The molecule has 0 saturated heterocycles. The van der Waals surface area contributed by atoms with Crippen LogP contribution < -0.4 is 4.74 Å². The zero-order valence-electron chi connectivity index (χ0n) is 6.37. The molecule has 0 spiro atoms. The van der Waals surface area contributed by atoms with Gasteiger partial charge in [0.25, 0.3) is 0 Å². The maximum absolute atomic E-state index is 12.6. The summed E-state index contributed by atoms with van der Waals surface area (Å²) in [5.41, 5.74) is 0.140. The normalized spacial score (nSPS) is 9.58. The van der Waals surface area contributed by atoms with Crippen LogP contribution in [0.4, 0.5) is 4.39 Å². The number of carbonyl (C=O) groups excluding carboxylic acids is 1. The average Bonchev–Trinajstić information content (AvgIpc) is 2.04. The lowest BCUT2D eigenvalue weighted by Crippen LogP contribution is -1.95. The van der Waals surface area contributed by atoms with Crippen molar-refractivity contribution in [2.75, 3.05) is 7.11 Å². The Morgan fingerprint density at radius 3 is 2.75 bits per heavy atom. The zero-order chi connectivity index (χ0) is 9.14. The molecule has 1 rings (SSSR count). The summed E-state index contributed by atoms with van der Waals surface area (Å²) in [4.78, 5) is 10.8. The first kappa shape index (κ1) is 9.06. The summed E-state index contributed by atoms with van der Waals surface area (Å²) in [6, 6.07) is 3.70. The molecular formula is C8H7FO2S. The number of carbonyl (C=O) groups is 1. The van der Waals surface area contributed by atoms with Crippen molar-refractivity contribution in [3.63, 3.8) is 0 Å². The van der Waals surface area contributed by atoms with Crippen molar-refractivity contribution in [3.8, 4) is 5.75 Å². The molecule has 0 aromatic heterocycles. The standard InChI is InChI=1S/C8H7FO2S/c1-11-7-3-2-5(9)4-6(7)8(10)12/h2-4H,1H3,(H,10,12). The highest BCUT2D eigenvalue weighted by molar-refractivity contribution is 7.97. The Labute approximate surface area is 74.8 Å². The molecule has 4 heteroatoms. The van der Waals surface area contributed by atoms with Crippen LogP contribution in [-0.4, -0.2) is 12.2 Å². The predicted molar refractivity (Wildman–Crippen MR) is 46.3 cm³/mol. The Bertz CT molecular complexity index is 312. The largest absolute Gasteiger partial charge is 0.496 e. The lowest BCUT2D eigenvalue weighted by molar-refractivity contribution is 0.108. The van der Waals surface area contributed by atoms with Crippen molar-refractivity contribution in [1.29, 1.82) is 0 Å². The second-order valence-electron chi connectivity index (χ2n) is 2.15. The number of rotatable bonds is 2. The molecule has 0 aliphatic heterocycles. The maximum Gasteiger partial charge on any atom is 0.220 e. The number of hydrogen-bond donors (Lipinski definition) is 1. The van der Waals surface area contributed by atoms with Crippen LogP contribution in [0.1, 0.15) is 10.4 Å². The fourth-order valence-corrected chi connectivity index (χ4v) is 1.02. The van der Waals surface area contributed by atoms with Crippen LogP contribution in [-0.2, 0) is 0 Å². The van der Waals surface area contributed by atoms with E-state index in [4.69, 9.17) is 4.74 Å². The molecule has 0 unspecified atom stereocenters. The van der Waals surface area contributed by atoms with Gasteiger partial charge in [0.05, 0.1) is 12.7 Å². The summed E-state index contributed by atoms with van der Waals surface area (Å²) in [7, 11) is 1.41. The fourth-order valence-electron chi connectivity index (χ4n) is 0.847. The number of ether oxygens (including phenoxy) is 1. The third-order valence-electron chi connectivity index (χ3n) is 1.39. The zero-order valence-corrected chi connectivity index (χ0v) is 7.27. The highest BCUT2D eigenvalue weighted by Gasteiger charge is 2.08. The Morgan fingerprint density at radius 1 is 1.58 bits per heavy atom. The fraction of sp³-hybridized carbons (Fsp3) is 0.125. The van der Waals surface area contributed by atoms with Crippen molar-refractivity contribution >= 4 is 17.7 Å². The molecule has 12 heavy (non-hydrogen) atoms. The van der Waals surface area contributed by atoms with Gasteiger partial charge < -0.3 is 4.74 Å². The number of hydrogen-bond acceptors (Lipinski definition) is 2. The topological polar surface area (TPSA) is 26.3 Å². The van der Waals surface area contributed by atoms with E-state index >= 15 is 0 Å². The quantitative estimate of drug-likeness (QED) is 0.714. The van der Waals surface area contributed by atoms with Crippen LogP contribution in [0, 0.1) is 5.82 Å². The number of benzene rings is 1. The minimum absolute atomic E-state index is 0.140. The Morgan fingerprint density at radius 2 is 2.25 bits per heavy atom. The van der Waals surface area contributed by atoms with Crippen molar-refractivity contribution in [2.45, 2.75) is 0 Å². The summed E-state index contributed by atoms with van der Waals surface area (Å²) in [6.45, 7) is 0. The van der Waals surface area contributed by atoms with Gasteiger partial charge in [0, 0.05) is 0 Å². The Hall–Kier alpha value is -1.03. The number of methoxy groups -OCH3 is 1. The first-order valence-corrected chi connectivity index (χ1v) is 3.66. The van der Waals surface area contributed by atoms with E-state index in [1.54, 1.807) is 0 Å². The van der Waals surface area contributed by atoms with E-state index in [1.165, 1.54) is 19.2 Å². The average molecular weight is 186 g/mol. The molecule has 2 nitrogen and oxygen atoms in total. The Balaban J connectivity index is 3.21. The van der Waals surface area contributed by atoms with Crippen LogP contribution >= 0.6 is 12.6 Å². The summed E-state index contributed by atoms with van der Waals surface area (Å²) >= 11 is 3.57. The predicted octanol–water partition coefficient (Wildman–Crippen LogP) is 1.90. The van der Waals surface area contributed by atoms with Crippen molar-refractivity contribution in [2.24, 2.45) is 0 Å². The number of thiol groups is 1. The summed E-state index contributed by atoms with van der Waals surface area (Å²) in [5, 5.41) is -0.508. The minimum Gasteiger partial charge on any atom is -0.496 e. The van der Waals surface area contributed by atoms with Gasteiger partial charge in [0.15, 0.2) is 0 Å². The van der Waals surface area contributed by atoms with Crippen LogP contribution in [0.15, 0.2) is 18.2 Å². The molecule has 0 saturated carbocycles. The van der Waals surface area contributed by atoms with E-state index in [2.05, 4.69) is 12.6 Å². The monoisotopic (exact) mass is 186 g/mol. The molecule has 0 atom stereocenters. The van der Waals surface area contributed by atoms with Gasteiger partial charge in [-0.15, -0.1) is 12.6 Å². The molecule has 1 aromatic rings. The summed E-state index contributed by atoms with van der Waals surface area (Å²) in [6.07, 6.45) is 0. The van der Waals surface area contributed by atoms with Gasteiger partial charge in [-0.3, -0.25) is 4.79 Å². The van der Waals surface area contributed by atoms with E-state index in [0.717, 1.165) is 6.07 Å². The molecule has 0 heterocycles. The molecule has 0 aliphatic rings. The van der Waals surface area contributed by atoms with Gasteiger partial charge in [0.1, 0.15) is 11.6 Å². The van der Waals surface area contributed by atoms with Gasteiger partial charge in [-0.2, -0.15) is 0 Å². The van der Waals surface area contributed by atoms with Crippen LogP contribution in [0.3, 0.4) is 0 Å². The van der Waals surface area contributed by atoms with Gasteiger partial charge in [-0.25, -0.2) is 4.39 Å². The molecule has 0 N–H and O–H groups in total. The molecule has 0 bridgehead atoms. The van der Waals surface area contributed by atoms with E-state index in [9.17, 15) is 9.18 Å². The van der Waals surface area contributed by atoms with Crippen LogP contribution in [0.5, 0.6) is 5.75 Å². The van der Waals surface area contributed by atoms with Crippen molar-refractivity contribution in [1.82, 2.24) is 0 Å².